The molecule has 1 radical (unpaired) electrons. The van der Waals surface area contributed by atoms with Crippen molar-refractivity contribution in [2.45, 2.75) is 153 Å². The lowest BCUT2D eigenvalue weighted by Gasteiger charge is -2.43. The molecule has 4 aliphatic rings. The van der Waals surface area contributed by atoms with Gasteiger partial charge in [0.15, 0.2) is 7.28 Å². The van der Waals surface area contributed by atoms with Crippen LogP contribution < -0.4 is 20.7 Å². The predicted molar refractivity (Wildman–Crippen MR) is 306 cm³/mol. The third-order valence-electron chi connectivity index (χ3n) is 16.5. The van der Waals surface area contributed by atoms with Crippen molar-refractivity contribution >= 4 is 57.7 Å². The summed E-state index contributed by atoms with van der Waals surface area (Å²) >= 11 is 0. The summed E-state index contributed by atoms with van der Waals surface area (Å²) in [7, 11) is 4.93. The van der Waals surface area contributed by atoms with Crippen molar-refractivity contribution in [1.29, 1.82) is 0 Å². The van der Waals surface area contributed by atoms with Gasteiger partial charge in [0.1, 0.15) is 0 Å². The van der Waals surface area contributed by atoms with E-state index < -0.39 is 0 Å². The molecule has 0 saturated heterocycles. The first-order valence-electron chi connectivity index (χ1n) is 26.6. The smallest absolute Gasteiger partial charge is 0.199 e. The molecule has 0 amide bonds. The maximum Gasteiger partial charge on any atom is 0.199 e. The molecule has 3 heteroatoms. The molecule has 1 saturated carbocycles. The Hall–Kier alpha value is -5.28. The van der Waals surface area contributed by atoms with Gasteiger partial charge in [0.25, 0.3) is 0 Å². The number of rotatable bonds is 14. The third-order valence-corrected chi connectivity index (χ3v) is 16.5. The second-order valence-corrected chi connectivity index (χ2v) is 22.9. The summed E-state index contributed by atoms with van der Waals surface area (Å²) in [5.74, 6) is 2.93. The van der Waals surface area contributed by atoms with Crippen LogP contribution in [-0.2, 0) is 0 Å². The number of likely N-dealkylation sites (N-methyl/N-ethyl adjacent to an activating group) is 1. The highest BCUT2D eigenvalue weighted by atomic mass is 15.2. The second kappa shape index (κ2) is 19.8. The zero-order valence-corrected chi connectivity index (χ0v) is 45.4. The molecule has 2 atom stereocenters. The molecule has 1 aliphatic heterocycles. The zero-order valence-electron chi connectivity index (χ0n) is 45.4. The first-order valence-corrected chi connectivity index (χ1v) is 26.6. The number of nitrogens with zero attached hydrogens (tertiary/aromatic N) is 2. The SMILES string of the molecule is C=C/C(=C\C=C\C1(N(C)c2cc(C3=C(C)[C@@H](C)C=C3C(C)C)cc3c2[B]c2cc(C4=C(C(C)C)C=C(C)[C@@H]4C)ccc2N3c2ccc(C)cc2)CCCC1)c1c(C(C)C)cc(C(C)C)cc1C(C)C. The Morgan fingerprint density at radius 1 is 0.754 bits per heavy atom. The van der Waals surface area contributed by atoms with Gasteiger partial charge >= 0.3 is 0 Å². The normalized spacial score (nSPS) is 19.2. The number of allylic oxidation sites excluding steroid dienone is 12. The molecule has 1 heterocycles. The lowest BCUT2D eigenvalue weighted by molar-refractivity contribution is 0.515. The molecular weight excluding hydrogens is 832 g/mol. The van der Waals surface area contributed by atoms with E-state index in [1.807, 2.05) is 0 Å². The van der Waals surface area contributed by atoms with Crippen molar-refractivity contribution in [3.05, 3.63) is 171 Å². The highest BCUT2D eigenvalue weighted by Crippen LogP contribution is 2.48. The van der Waals surface area contributed by atoms with Gasteiger partial charge in [0, 0.05) is 35.7 Å². The van der Waals surface area contributed by atoms with Crippen LogP contribution in [0.25, 0.3) is 16.7 Å². The highest BCUT2D eigenvalue weighted by Gasteiger charge is 2.39. The molecule has 0 aromatic heterocycles. The second-order valence-electron chi connectivity index (χ2n) is 22.9. The van der Waals surface area contributed by atoms with Crippen molar-refractivity contribution in [2.75, 3.05) is 16.8 Å². The molecule has 69 heavy (non-hydrogen) atoms. The summed E-state index contributed by atoms with van der Waals surface area (Å²) in [5.41, 5.74) is 26.8. The standard InChI is InChI=1S/C66H82BN2/c1-18-49(64-56(42(8)9)34-51(39(2)3)35-57(64)43(10)11)22-21-31-66(29-19-20-30-66)68(17)60-37-52(63-48(16)46(14)33-55(63)41(6)7)38-61-65(60)67-58-36-50(62-47(15)45(13)32-54(62)40(4)5)25-28-59(58)69(61)53-26-23-44(12)24-27-53/h18,21-28,31-43,46-47H,1,19-20,29-30H2,2-17H3/b31-21+,49-22+/t46-,47-/m0/s1. The number of hydrogen-bond acceptors (Lipinski definition) is 2. The van der Waals surface area contributed by atoms with Crippen LogP contribution in [0.1, 0.15) is 179 Å². The van der Waals surface area contributed by atoms with Crippen LogP contribution in [0.5, 0.6) is 0 Å². The van der Waals surface area contributed by atoms with Gasteiger partial charge in [0.2, 0.25) is 0 Å². The van der Waals surface area contributed by atoms with E-state index in [-0.39, 0.29) is 5.54 Å². The minimum atomic E-state index is -0.175. The monoisotopic (exact) mass is 914 g/mol. The fourth-order valence-electron chi connectivity index (χ4n) is 12.0. The van der Waals surface area contributed by atoms with Gasteiger partial charge in [-0.15, -0.1) is 0 Å². The van der Waals surface area contributed by atoms with Crippen LogP contribution in [-0.4, -0.2) is 19.9 Å². The topological polar surface area (TPSA) is 6.48 Å². The van der Waals surface area contributed by atoms with E-state index in [1.165, 1.54) is 124 Å². The van der Waals surface area contributed by atoms with Crippen molar-refractivity contribution in [2.24, 2.45) is 23.7 Å². The molecule has 1 fully saturated rings. The lowest BCUT2D eigenvalue weighted by atomic mass is 9.58. The Bertz CT molecular complexity index is 2790. The molecular formula is C66H82BN2. The fourth-order valence-corrected chi connectivity index (χ4v) is 12.0. The van der Waals surface area contributed by atoms with Crippen LogP contribution in [0.4, 0.5) is 22.7 Å². The summed E-state index contributed by atoms with van der Waals surface area (Å²) in [6.45, 7) is 39.5. The third kappa shape index (κ3) is 9.30. The first kappa shape index (κ1) is 50.1. The average Bonchev–Trinajstić information content (AvgIpc) is 4.01. The van der Waals surface area contributed by atoms with E-state index in [0.29, 0.717) is 41.4 Å². The Kier molecular flexibility index (Phi) is 14.4. The van der Waals surface area contributed by atoms with E-state index in [9.17, 15) is 0 Å². The Labute approximate surface area is 420 Å². The van der Waals surface area contributed by atoms with E-state index in [2.05, 4.69) is 238 Å². The van der Waals surface area contributed by atoms with Crippen molar-refractivity contribution in [3.8, 4) is 0 Å². The molecule has 8 rings (SSSR count). The molecule has 359 valence electrons. The van der Waals surface area contributed by atoms with E-state index >= 15 is 0 Å². The largest absolute Gasteiger partial charge is 0.366 e. The van der Waals surface area contributed by atoms with Crippen LogP contribution >= 0.6 is 0 Å². The van der Waals surface area contributed by atoms with Crippen molar-refractivity contribution in [3.63, 3.8) is 0 Å². The van der Waals surface area contributed by atoms with Gasteiger partial charge in [-0.3, -0.25) is 0 Å². The van der Waals surface area contributed by atoms with Gasteiger partial charge in [-0.05, 0) is 166 Å². The Balaban J connectivity index is 1.34. The molecule has 0 spiro atoms. The molecule has 0 unspecified atom stereocenters. The Morgan fingerprint density at radius 3 is 1.99 bits per heavy atom. The number of fused-ring (bicyclic) bond motifs is 2. The summed E-state index contributed by atoms with van der Waals surface area (Å²) in [5, 5.41) is 0. The van der Waals surface area contributed by atoms with Crippen LogP contribution in [0.2, 0.25) is 0 Å². The molecule has 3 aliphatic carbocycles. The van der Waals surface area contributed by atoms with Gasteiger partial charge in [-0.2, -0.15) is 0 Å². The van der Waals surface area contributed by atoms with E-state index in [1.54, 1.807) is 0 Å². The van der Waals surface area contributed by atoms with Gasteiger partial charge in [-0.25, -0.2) is 0 Å². The van der Waals surface area contributed by atoms with E-state index in [0.717, 1.165) is 12.8 Å². The van der Waals surface area contributed by atoms with Crippen LogP contribution in [0.15, 0.2) is 132 Å². The summed E-state index contributed by atoms with van der Waals surface area (Å²) in [6, 6.07) is 26.5. The van der Waals surface area contributed by atoms with Gasteiger partial charge < -0.3 is 9.80 Å². The summed E-state index contributed by atoms with van der Waals surface area (Å²) < 4.78 is 0. The Morgan fingerprint density at radius 2 is 1.41 bits per heavy atom. The molecule has 2 nitrogen and oxygen atoms in total. The minimum Gasteiger partial charge on any atom is -0.366 e. The molecule has 4 aromatic carbocycles. The highest BCUT2D eigenvalue weighted by molar-refractivity contribution is 6.73. The summed E-state index contributed by atoms with van der Waals surface area (Å²) in [4.78, 5) is 5.26. The number of benzene rings is 4. The molecule has 0 N–H and O–H groups in total. The number of hydrogen-bond donors (Lipinski definition) is 0. The predicted octanol–water partition coefficient (Wildman–Crippen LogP) is 17.4. The fraction of sp³-hybridized carbons (Fsp3) is 0.424. The summed E-state index contributed by atoms with van der Waals surface area (Å²) in [6.07, 6.45) is 19.0. The number of aryl methyl sites for hydroxylation is 1. The first-order chi connectivity index (χ1) is 32.8. The van der Waals surface area contributed by atoms with Crippen molar-refractivity contribution in [1.82, 2.24) is 0 Å². The van der Waals surface area contributed by atoms with E-state index in [4.69, 9.17) is 0 Å². The van der Waals surface area contributed by atoms with Gasteiger partial charge in [-0.1, -0.05) is 198 Å². The quantitative estimate of drug-likeness (QED) is 0.0809. The lowest BCUT2D eigenvalue weighted by Crippen LogP contribution is -2.48. The maximum absolute atomic E-state index is 4.44. The average molecular weight is 914 g/mol. The molecule has 0 bridgehead atoms. The van der Waals surface area contributed by atoms with Crippen LogP contribution in [0, 0.1) is 30.6 Å². The number of anilines is 4. The van der Waals surface area contributed by atoms with Gasteiger partial charge in [0.05, 0.1) is 5.54 Å². The van der Waals surface area contributed by atoms with Crippen molar-refractivity contribution < 1.29 is 0 Å². The zero-order chi connectivity index (χ0) is 49.8. The molecule has 4 aromatic rings. The minimum absolute atomic E-state index is 0.175. The van der Waals surface area contributed by atoms with Crippen LogP contribution in [0.3, 0.4) is 0 Å². The maximum atomic E-state index is 4.44.